The second kappa shape index (κ2) is 6.34. The molecular weight excluding hydrogens is 255 g/mol. The average molecular weight is 276 g/mol. The molecule has 0 bridgehead atoms. The van der Waals surface area contributed by atoms with Crippen LogP contribution >= 0.6 is 0 Å². The van der Waals surface area contributed by atoms with Crippen LogP contribution in [0.15, 0.2) is 18.2 Å². The van der Waals surface area contributed by atoms with Crippen molar-refractivity contribution < 1.29 is 9.50 Å². The van der Waals surface area contributed by atoms with E-state index in [-0.39, 0.29) is 17.7 Å². The largest absolute Gasteiger partial charge is 0.394 e. The van der Waals surface area contributed by atoms with Crippen molar-refractivity contribution in [2.75, 3.05) is 6.61 Å². The number of aliphatic hydroxyl groups is 1. The van der Waals surface area contributed by atoms with Gasteiger partial charge in [-0.25, -0.2) is 4.39 Å². The summed E-state index contributed by atoms with van der Waals surface area (Å²) in [5.41, 5.74) is 0.247. The first-order valence-electron chi connectivity index (χ1n) is 7.13. The van der Waals surface area contributed by atoms with E-state index in [0.29, 0.717) is 18.0 Å². The van der Waals surface area contributed by atoms with E-state index in [9.17, 15) is 9.50 Å². The Kier molecular flexibility index (Phi) is 4.74. The zero-order chi connectivity index (χ0) is 14.6. The normalized spacial score (nSPS) is 26.2. The van der Waals surface area contributed by atoms with Gasteiger partial charge in [-0.15, -0.1) is 0 Å². The SMILES string of the molecule is CC1CCC(CO)(NCc2cccc(C#N)c2F)CC1. The molecule has 0 atom stereocenters. The number of rotatable bonds is 4. The Hall–Kier alpha value is -1.44. The fraction of sp³-hybridized carbons (Fsp3) is 0.562. The topological polar surface area (TPSA) is 56.0 Å². The van der Waals surface area contributed by atoms with Gasteiger partial charge in [0.25, 0.3) is 0 Å². The number of benzene rings is 1. The maximum absolute atomic E-state index is 14.0. The van der Waals surface area contributed by atoms with Crippen LogP contribution < -0.4 is 5.32 Å². The smallest absolute Gasteiger partial charge is 0.145 e. The third-order valence-electron chi connectivity index (χ3n) is 4.39. The Labute approximate surface area is 119 Å². The summed E-state index contributed by atoms with van der Waals surface area (Å²) < 4.78 is 14.0. The predicted octanol–water partition coefficient (Wildman–Crippen LogP) is 2.73. The lowest BCUT2D eigenvalue weighted by Gasteiger charge is -2.39. The molecular formula is C16H21FN2O. The fourth-order valence-electron chi connectivity index (χ4n) is 2.79. The number of halogens is 1. The maximum Gasteiger partial charge on any atom is 0.145 e. The Balaban J connectivity index is 2.06. The molecule has 0 spiro atoms. The van der Waals surface area contributed by atoms with Gasteiger partial charge in [0.2, 0.25) is 0 Å². The zero-order valence-electron chi connectivity index (χ0n) is 11.8. The van der Waals surface area contributed by atoms with Crippen molar-refractivity contribution in [2.45, 2.75) is 44.7 Å². The summed E-state index contributed by atoms with van der Waals surface area (Å²) in [5, 5.41) is 21.8. The van der Waals surface area contributed by atoms with Crippen molar-refractivity contribution in [3.05, 3.63) is 35.1 Å². The van der Waals surface area contributed by atoms with E-state index in [1.54, 1.807) is 12.1 Å². The molecule has 1 aromatic carbocycles. The van der Waals surface area contributed by atoms with E-state index in [0.717, 1.165) is 25.7 Å². The van der Waals surface area contributed by atoms with Gasteiger partial charge in [-0.3, -0.25) is 0 Å². The molecule has 0 aromatic heterocycles. The van der Waals surface area contributed by atoms with E-state index in [1.807, 2.05) is 6.07 Å². The molecule has 1 saturated carbocycles. The molecule has 0 amide bonds. The number of nitriles is 1. The van der Waals surface area contributed by atoms with Crippen LogP contribution in [-0.4, -0.2) is 17.3 Å². The number of nitrogens with zero attached hydrogens (tertiary/aromatic N) is 1. The van der Waals surface area contributed by atoms with Crippen molar-refractivity contribution in [1.82, 2.24) is 5.32 Å². The average Bonchev–Trinajstić information content (AvgIpc) is 2.48. The van der Waals surface area contributed by atoms with Gasteiger partial charge < -0.3 is 10.4 Å². The number of hydrogen-bond donors (Lipinski definition) is 2. The van der Waals surface area contributed by atoms with Crippen molar-refractivity contribution in [2.24, 2.45) is 5.92 Å². The minimum Gasteiger partial charge on any atom is -0.394 e. The highest BCUT2D eigenvalue weighted by atomic mass is 19.1. The summed E-state index contributed by atoms with van der Waals surface area (Å²) in [6.45, 7) is 2.63. The second-order valence-electron chi connectivity index (χ2n) is 5.87. The summed E-state index contributed by atoms with van der Waals surface area (Å²) in [6.07, 6.45) is 3.97. The van der Waals surface area contributed by atoms with Gasteiger partial charge >= 0.3 is 0 Å². The molecule has 0 heterocycles. The van der Waals surface area contributed by atoms with Gasteiger partial charge in [0, 0.05) is 17.6 Å². The van der Waals surface area contributed by atoms with Crippen LogP contribution in [0.25, 0.3) is 0 Å². The van der Waals surface area contributed by atoms with Crippen LogP contribution in [0.2, 0.25) is 0 Å². The lowest BCUT2D eigenvalue weighted by atomic mass is 9.77. The summed E-state index contributed by atoms with van der Waals surface area (Å²) in [5.74, 6) is 0.231. The molecule has 2 rings (SSSR count). The van der Waals surface area contributed by atoms with Gasteiger partial charge in [0.05, 0.1) is 12.2 Å². The lowest BCUT2D eigenvalue weighted by molar-refractivity contribution is 0.104. The molecule has 3 nitrogen and oxygen atoms in total. The van der Waals surface area contributed by atoms with E-state index < -0.39 is 5.82 Å². The van der Waals surface area contributed by atoms with Crippen LogP contribution in [0.4, 0.5) is 4.39 Å². The first-order chi connectivity index (χ1) is 9.60. The molecule has 0 saturated heterocycles. The van der Waals surface area contributed by atoms with Crippen LogP contribution in [0, 0.1) is 23.1 Å². The van der Waals surface area contributed by atoms with Crippen LogP contribution in [0.3, 0.4) is 0 Å². The Morgan fingerprint density at radius 3 is 2.75 bits per heavy atom. The van der Waals surface area contributed by atoms with Gasteiger partial charge in [0.15, 0.2) is 0 Å². The van der Waals surface area contributed by atoms with Crippen molar-refractivity contribution in [3.63, 3.8) is 0 Å². The number of aliphatic hydroxyl groups excluding tert-OH is 1. The molecule has 20 heavy (non-hydrogen) atoms. The molecule has 2 N–H and O–H groups in total. The molecule has 0 radical (unpaired) electrons. The van der Waals surface area contributed by atoms with Crippen LogP contribution in [-0.2, 0) is 6.54 Å². The second-order valence-corrected chi connectivity index (χ2v) is 5.87. The maximum atomic E-state index is 14.0. The molecule has 1 aromatic rings. The van der Waals surface area contributed by atoms with Crippen LogP contribution in [0.5, 0.6) is 0 Å². The quantitative estimate of drug-likeness (QED) is 0.889. The van der Waals surface area contributed by atoms with E-state index in [1.165, 1.54) is 6.07 Å². The van der Waals surface area contributed by atoms with E-state index in [2.05, 4.69) is 12.2 Å². The molecule has 1 aliphatic carbocycles. The Morgan fingerprint density at radius 1 is 1.45 bits per heavy atom. The zero-order valence-corrected chi connectivity index (χ0v) is 11.8. The van der Waals surface area contributed by atoms with Crippen LogP contribution in [0.1, 0.15) is 43.7 Å². The Morgan fingerprint density at radius 2 is 2.15 bits per heavy atom. The molecule has 1 fully saturated rings. The van der Waals surface area contributed by atoms with Gasteiger partial charge in [-0.1, -0.05) is 19.1 Å². The van der Waals surface area contributed by atoms with Crippen molar-refractivity contribution in [3.8, 4) is 6.07 Å². The summed E-state index contributed by atoms with van der Waals surface area (Å²) in [4.78, 5) is 0. The third-order valence-corrected chi connectivity index (χ3v) is 4.39. The monoisotopic (exact) mass is 276 g/mol. The lowest BCUT2D eigenvalue weighted by Crippen LogP contribution is -2.50. The summed E-state index contributed by atoms with van der Waals surface area (Å²) in [6, 6.07) is 6.69. The minimum atomic E-state index is -0.459. The molecule has 0 unspecified atom stereocenters. The fourth-order valence-corrected chi connectivity index (χ4v) is 2.79. The Bertz CT molecular complexity index is 502. The molecule has 0 aliphatic heterocycles. The summed E-state index contributed by atoms with van der Waals surface area (Å²) >= 11 is 0. The molecule has 4 heteroatoms. The standard InChI is InChI=1S/C16H21FN2O/c1-12-5-7-16(11-20,8-6-12)19-10-14-4-2-3-13(9-18)15(14)17/h2-4,12,19-20H,5-8,10-11H2,1H3. The summed E-state index contributed by atoms with van der Waals surface area (Å²) in [7, 11) is 0. The molecule has 1 aliphatic rings. The highest BCUT2D eigenvalue weighted by Gasteiger charge is 2.33. The third kappa shape index (κ3) is 3.17. The predicted molar refractivity (Wildman–Crippen MR) is 75.4 cm³/mol. The highest BCUT2D eigenvalue weighted by molar-refractivity contribution is 5.35. The van der Waals surface area contributed by atoms with E-state index in [4.69, 9.17) is 5.26 Å². The van der Waals surface area contributed by atoms with Gasteiger partial charge in [-0.2, -0.15) is 5.26 Å². The highest BCUT2D eigenvalue weighted by Crippen LogP contribution is 2.32. The first kappa shape index (κ1) is 15.0. The van der Waals surface area contributed by atoms with Crippen molar-refractivity contribution in [1.29, 1.82) is 5.26 Å². The van der Waals surface area contributed by atoms with Gasteiger partial charge in [-0.05, 0) is 37.7 Å². The first-order valence-corrected chi connectivity index (χ1v) is 7.13. The number of hydrogen-bond acceptors (Lipinski definition) is 3. The molecule has 108 valence electrons. The van der Waals surface area contributed by atoms with Gasteiger partial charge in [0.1, 0.15) is 11.9 Å². The minimum absolute atomic E-state index is 0.0687. The van der Waals surface area contributed by atoms with E-state index >= 15 is 0 Å². The van der Waals surface area contributed by atoms with Crippen molar-refractivity contribution >= 4 is 0 Å². The number of nitrogens with one attached hydrogen (secondary N) is 1.